The van der Waals surface area contributed by atoms with E-state index < -0.39 is 17.1 Å². The van der Waals surface area contributed by atoms with Crippen molar-refractivity contribution in [1.29, 1.82) is 0 Å². The fourth-order valence-corrected chi connectivity index (χ4v) is 2.13. The topological polar surface area (TPSA) is 68.5 Å². The number of ether oxygens (including phenoxy) is 1. The first kappa shape index (κ1) is 16.1. The number of hydrogen-bond acceptors (Lipinski definition) is 3. The predicted molar refractivity (Wildman–Crippen MR) is 83.4 cm³/mol. The molecular weight excluding hydrogens is 306 g/mol. The Balaban J connectivity index is 2.27. The fraction of sp³-hybridized carbons (Fsp3) is 0.250. The van der Waals surface area contributed by atoms with Crippen molar-refractivity contribution in [3.8, 4) is 5.75 Å². The average molecular weight is 322 g/mol. The number of benzene rings is 1. The van der Waals surface area contributed by atoms with Gasteiger partial charge in [-0.05, 0) is 43.7 Å². The highest BCUT2D eigenvalue weighted by Gasteiger charge is 2.30. The molecule has 1 aromatic heterocycles. The number of aromatic nitrogens is 1. The van der Waals surface area contributed by atoms with Crippen LogP contribution in [-0.2, 0) is 16.9 Å². The first-order chi connectivity index (χ1) is 10.3. The van der Waals surface area contributed by atoms with Crippen LogP contribution >= 0.6 is 11.6 Å². The van der Waals surface area contributed by atoms with Crippen LogP contribution in [0.25, 0.3) is 0 Å². The monoisotopic (exact) mass is 321 g/mol. The molecule has 0 atom stereocenters. The van der Waals surface area contributed by atoms with Crippen LogP contribution in [-0.4, -0.2) is 15.6 Å². The van der Waals surface area contributed by atoms with Gasteiger partial charge in [-0.15, -0.1) is 0 Å². The van der Waals surface area contributed by atoms with Crippen molar-refractivity contribution in [3.63, 3.8) is 0 Å². The Morgan fingerprint density at radius 3 is 2.68 bits per heavy atom. The molecule has 0 bridgehead atoms. The second kappa shape index (κ2) is 6.23. The van der Waals surface area contributed by atoms with Gasteiger partial charge in [-0.3, -0.25) is 9.36 Å². The van der Waals surface area contributed by atoms with Crippen molar-refractivity contribution in [3.05, 3.63) is 63.5 Å². The first-order valence-electron chi connectivity index (χ1n) is 6.65. The summed E-state index contributed by atoms with van der Waals surface area (Å²) in [6.07, 6.45) is 1.43. The Bertz CT molecular complexity index is 752. The second-order valence-electron chi connectivity index (χ2n) is 5.33. The van der Waals surface area contributed by atoms with Gasteiger partial charge in [-0.1, -0.05) is 23.7 Å². The molecule has 0 radical (unpaired) electrons. The van der Waals surface area contributed by atoms with Crippen LogP contribution in [0.5, 0.6) is 5.75 Å². The number of nitrogens with zero attached hydrogens (tertiary/aromatic N) is 1. The molecule has 2 rings (SSSR count). The molecule has 0 unspecified atom stereocenters. The zero-order valence-electron chi connectivity index (χ0n) is 12.2. The lowest BCUT2D eigenvalue weighted by Gasteiger charge is -2.22. The minimum atomic E-state index is -1.35. The minimum Gasteiger partial charge on any atom is -0.483 e. The molecule has 0 amide bonds. The summed E-state index contributed by atoms with van der Waals surface area (Å²) in [5, 5.41) is 9.82. The molecule has 0 aliphatic heterocycles. The number of carbonyl (C=O) groups is 1. The van der Waals surface area contributed by atoms with Gasteiger partial charge in [0.05, 0.1) is 0 Å². The summed E-state index contributed by atoms with van der Waals surface area (Å²) in [7, 11) is 0. The summed E-state index contributed by atoms with van der Waals surface area (Å²) in [6.45, 7) is 3.09. The molecule has 0 spiro atoms. The smallest absolute Gasteiger partial charge is 0.329 e. The van der Waals surface area contributed by atoms with Crippen molar-refractivity contribution in [1.82, 2.24) is 4.57 Å². The third-order valence-electron chi connectivity index (χ3n) is 3.32. The van der Waals surface area contributed by atoms with Gasteiger partial charge in [0.2, 0.25) is 0 Å². The molecule has 1 heterocycles. The van der Waals surface area contributed by atoms with Crippen molar-refractivity contribution in [2.45, 2.75) is 26.0 Å². The lowest BCUT2D eigenvalue weighted by atomic mass is 10.1. The average Bonchev–Trinajstić information content (AvgIpc) is 2.46. The number of carboxylic acid groups (broad SMARTS) is 1. The fourth-order valence-electron chi connectivity index (χ4n) is 1.92. The maximum atomic E-state index is 12.4. The number of aliphatic carboxylic acids is 1. The lowest BCUT2D eigenvalue weighted by Crippen LogP contribution is -2.42. The van der Waals surface area contributed by atoms with E-state index in [4.69, 9.17) is 16.3 Å². The summed E-state index contributed by atoms with van der Waals surface area (Å²) in [5.41, 5.74) is -1.02. The highest BCUT2D eigenvalue weighted by molar-refractivity contribution is 6.30. The van der Waals surface area contributed by atoms with E-state index in [1.807, 2.05) is 6.07 Å². The van der Waals surface area contributed by atoms with Gasteiger partial charge in [0.1, 0.15) is 12.1 Å². The number of carboxylic acids is 1. The maximum absolute atomic E-state index is 12.4. The summed E-state index contributed by atoms with van der Waals surface area (Å²) >= 11 is 5.89. The molecule has 6 heteroatoms. The molecule has 0 saturated heterocycles. The van der Waals surface area contributed by atoms with Gasteiger partial charge in [-0.2, -0.15) is 0 Å². The van der Waals surface area contributed by atoms with E-state index in [1.165, 1.54) is 26.1 Å². The number of pyridine rings is 1. The highest BCUT2D eigenvalue weighted by atomic mass is 35.5. The molecule has 116 valence electrons. The normalized spacial score (nSPS) is 11.2. The van der Waals surface area contributed by atoms with Crippen LogP contribution in [0.1, 0.15) is 19.4 Å². The maximum Gasteiger partial charge on any atom is 0.329 e. The molecule has 0 aliphatic carbocycles. The zero-order valence-corrected chi connectivity index (χ0v) is 13.0. The van der Waals surface area contributed by atoms with Gasteiger partial charge in [0.15, 0.2) is 5.75 Å². The molecule has 0 aliphatic rings. The number of halogens is 1. The molecule has 5 nitrogen and oxygen atoms in total. The summed E-state index contributed by atoms with van der Waals surface area (Å²) in [6, 6.07) is 10.2. The summed E-state index contributed by atoms with van der Waals surface area (Å²) in [5.74, 6) is -1.00. The van der Waals surface area contributed by atoms with Crippen LogP contribution in [0.2, 0.25) is 5.02 Å². The summed E-state index contributed by atoms with van der Waals surface area (Å²) < 4.78 is 6.65. The van der Waals surface area contributed by atoms with Gasteiger partial charge < -0.3 is 9.84 Å². The Kier molecular flexibility index (Phi) is 4.56. The van der Waals surface area contributed by atoms with Crippen LogP contribution in [0.4, 0.5) is 0 Å². The lowest BCUT2D eigenvalue weighted by molar-refractivity contribution is -0.145. The van der Waals surface area contributed by atoms with Gasteiger partial charge >= 0.3 is 5.97 Å². The van der Waals surface area contributed by atoms with Gasteiger partial charge in [0, 0.05) is 11.2 Å². The van der Waals surface area contributed by atoms with E-state index in [-0.39, 0.29) is 12.4 Å². The standard InChI is InChI=1S/C16H16ClNO4/c1-16(2,15(20)21)18-8-4-7-13(14(18)19)22-10-11-5-3-6-12(17)9-11/h3-9H,10H2,1-2H3,(H,20,21). The number of rotatable bonds is 5. The van der Waals surface area contributed by atoms with Crippen LogP contribution in [0, 0.1) is 0 Å². The number of hydrogen-bond donors (Lipinski definition) is 1. The largest absolute Gasteiger partial charge is 0.483 e. The Labute approximate surface area is 132 Å². The predicted octanol–water partition coefficient (Wildman–Crippen LogP) is 2.90. The van der Waals surface area contributed by atoms with Crippen molar-refractivity contribution >= 4 is 17.6 Å². The first-order valence-corrected chi connectivity index (χ1v) is 7.03. The molecular formula is C16H16ClNO4. The van der Waals surface area contributed by atoms with E-state index in [0.29, 0.717) is 5.02 Å². The molecule has 0 fully saturated rings. The van der Waals surface area contributed by atoms with E-state index in [9.17, 15) is 14.7 Å². The van der Waals surface area contributed by atoms with Gasteiger partial charge in [-0.25, -0.2) is 4.79 Å². The van der Waals surface area contributed by atoms with Gasteiger partial charge in [0.25, 0.3) is 5.56 Å². The summed E-state index contributed by atoms with van der Waals surface area (Å²) in [4.78, 5) is 23.6. The molecule has 2 aromatic rings. The van der Waals surface area contributed by atoms with Crippen molar-refractivity contribution in [2.75, 3.05) is 0 Å². The van der Waals surface area contributed by atoms with Crippen LogP contribution in [0.15, 0.2) is 47.4 Å². The molecule has 1 aromatic carbocycles. The third-order valence-corrected chi connectivity index (χ3v) is 3.56. The zero-order chi connectivity index (χ0) is 16.3. The second-order valence-corrected chi connectivity index (χ2v) is 5.77. The Morgan fingerprint density at radius 2 is 2.05 bits per heavy atom. The quantitative estimate of drug-likeness (QED) is 0.919. The Hall–Kier alpha value is -2.27. The van der Waals surface area contributed by atoms with E-state index in [2.05, 4.69) is 0 Å². The van der Waals surface area contributed by atoms with Crippen LogP contribution < -0.4 is 10.3 Å². The minimum absolute atomic E-state index is 0.0943. The van der Waals surface area contributed by atoms with E-state index in [0.717, 1.165) is 10.1 Å². The highest BCUT2D eigenvalue weighted by Crippen LogP contribution is 2.16. The van der Waals surface area contributed by atoms with E-state index >= 15 is 0 Å². The van der Waals surface area contributed by atoms with Crippen molar-refractivity contribution in [2.24, 2.45) is 0 Å². The molecule has 22 heavy (non-hydrogen) atoms. The van der Waals surface area contributed by atoms with E-state index in [1.54, 1.807) is 24.3 Å². The van der Waals surface area contributed by atoms with Crippen molar-refractivity contribution < 1.29 is 14.6 Å². The third kappa shape index (κ3) is 3.31. The molecule has 1 N–H and O–H groups in total. The van der Waals surface area contributed by atoms with Crippen LogP contribution in [0.3, 0.4) is 0 Å². The Morgan fingerprint density at radius 1 is 1.32 bits per heavy atom. The molecule has 0 saturated carbocycles. The SMILES string of the molecule is CC(C)(C(=O)O)n1cccc(OCc2cccc(Cl)c2)c1=O.